The van der Waals surface area contributed by atoms with Gasteiger partial charge in [0.05, 0.1) is 37.6 Å². The van der Waals surface area contributed by atoms with Crippen molar-refractivity contribution >= 4 is 17.7 Å². The fourth-order valence-corrected chi connectivity index (χ4v) is 3.59. The Morgan fingerprint density at radius 2 is 1.81 bits per heavy atom. The van der Waals surface area contributed by atoms with Gasteiger partial charge in [0.2, 0.25) is 0 Å². The number of ether oxygens (including phenoxy) is 3. The Hall–Kier alpha value is -3.48. The van der Waals surface area contributed by atoms with Crippen LogP contribution in [0.1, 0.15) is 50.3 Å². The molecule has 0 saturated carbocycles. The van der Waals surface area contributed by atoms with Crippen molar-refractivity contribution in [2.75, 3.05) is 20.3 Å². The zero-order valence-corrected chi connectivity index (χ0v) is 18.8. The highest BCUT2D eigenvalue weighted by Crippen LogP contribution is 2.36. The smallest absolute Gasteiger partial charge is 0.338 e. The number of carbonyl (C=O) groups is 2. The van der Waals surface area contributed by atoms with Gasteiger partial charge in [0.25, 0.3) is 0 Å². The highest BCUT2D eigenvalue weighted by atomic mass is 16.5. The molecule has 170 valence electrons. The molecule has 1 atom stereocenters. The highest BCUT2D eigenvalue weighted by Gasteiger charge is 2.34. The van der Waals surface area contributed by atoms with E-state index in [4.69, 9.17) is 14.2 Å². The van der Waals surface area contributed by atoms with Crippen molar-refractivity contribution in [3.05, 3.63) is 65.2 Å². The summed E-state index contributed by atoms with van der Waals surface area (Å²) in [6, 6.07) is 13.6. The third-order valence-electron chi connectivity index (χ3n) is 5.16. The van der Waals surface area contributed by atoms with Crippen molar-refractivity contribution in [1.82, 2.24) is 10.6 Å². The summed E-state index contributed by atoms with van der Waals surface area (Å²) >= 11 is 0. The van der Waals surface area contributed by atoms with Gasteiger partial charge in [-0.05, 0) is 36.6 Å². The molecular formula is C25H30N2O5. The molecule has 1 aliphatic rings. The summed E-state index contributed by atoms with van der Waals surface area (Å²) in [6.45, 7) is 4.71. The fraction of sp³-hybridized carbons (Fsp3) is 0.360. The number of hydrogen-bond acceptors (Lipinski definition) is 5. The van der Waals surface area contributed by atoms with Crippen molar-refractivity contribution < 1.29 is 23.8 Å². The van der Waals surface area contributed by atoms with Crippen LogP contribution >= 0.6 is 0 Å². The molecule has 3 rings (SSSR count). The summed E-state index contributed by atoms with van der Waals surface area (Å²) in [5.41, 5.74) is 2.17. The minimum absolute atomic E-state index is 0.221. The van der Waals surface area contributed by atoms with Gasteiger partial charge in [0.1, 0.15) is 0 Å². The van der Waals surface area contributed by atoms with Crippen LogP contribution in [0.2, 0.25) is 0 Å². The molecule has 0 radical (unpaired) electrons. The normalized spacial score (nSPS) is 15.6. The second-order valence-electron chi connectivity index (χ2n) is 7.37. The maximum Gasteiger partial charge on any atom is 0.338 e. The summed E-state index contributed by atoms with van der Waals surface area (Å²) < 4.78 is 16.7. The maximum atomic E-state index is 13.0. The van der Waals surface area contributed by atoms with Crippen molar-refractivity contribution in [3.8, 4) is 11.5 Å². The Morgan fingerprint density at radius 1 is 1.03 bits per heavy atom. The molecule has 0 saturated heterocycles. The number of amides is 2. The standard InChI is InChI=1S/C25H30N2O5/c1-4-6-10-15-32-19-14-13-18(16-20(19)30-3)23-21(24(28)31-5-2)22(26-25(29)27-23)17-11-8-7-9-12-17/h7-9,11-14,16,23H,4-6,10,15H2,1-3H3,(H2,26,27,29). The molecule has 7 heteroatoms. The number of rotatable bonds is 10. The largest absolute Gasteiger partial charge is 0.493 e. The Bertz CT molecular complexity index is 972. The van der Waals surface area contributed by atoms with Gasteiger partial charge in [0, 0.05) is 0 Å². The van der Waals surface area contributed by atoms with Crippen LogP contribution in [0.25, 0.3) is 5.70 Å². The van der Waals surface area contributed by atoms with Crippen LogP contribution in [-0.2, 0) is 9.53 Å². The molecule has 0 spiro atoms. The first-order chi connectivity index (χ1) is 15.6. The van der Waals surface area contributed by atoms with E-state index in [1.165, 1.54) is 0 Å². The summed E-state index contributed by atoms with van der Waals surface area (Å²) in [7, 11) is 1.57. The molecule has 2 aromatic carbocycles. The van der Waals surface area contributed by atoms with Gasteiger partial charge in [-0.1, -0.05) is 56.2 Å². The van der Waals surface area contributed by atoms with E-state index in [2.05, 4.69) is 17.6 Å². The number of methoxy groups -OCH3 is 1. The fourth-order valence-electron chi connectivity index (χ4n) is 3.59. The molecule has 32 heavy (non-hydrogen) atoms. The molecule has 2 aromatic rings. The molecule has 0 aliphatic carbocycles. The lowest BCUT2D eigenvalue weighted by molar-refractivity contribution is -0.138. The van der Waals surface area contributed by atoms with E-state index in [1.54, 1.807) is 26.2 Å². The van der Waals surface area contributed by atoms with Gasteiger partial charge in [-0.2, -0.15) is 0 Å². The first-order valence-electron chi connectivity index (χ1n) is 10.9. The van der Waals surface area contributed by atoms with Crippen LogP contribution in [-0.4, -0.2) is 32.3 Å². The Balaban J connectivity index is 2.01. The second kappa shape index (κ2) is 11.2. The van der Waals surface area contributed by atoms with Gasteiger partial charge < -0.3 is 24.8 Å². The quantitative estimate of drug-likeness (QED) is 0.419. The maximum absolute atomic E-state index is 13.0. The summed E-state index contributed by atoms with van der Waals surface area (Å²) in [5, 5.41) is 5.62. The van der Waals surface area contributed by atoms with E-state index in [-0.39, 0.29) is 6.61 Å². The van der Waals surface area contributed by atoms with Crippen molar-refractivity contribution in [2.24, 2.45) is 0 Å². The summed E-state index contributed by atoms with van der Waals surface area (Å²) in [4.78, 5) is 25.5. The lowest BCUT2D eigenvalue weighted by atomic mass is 9.92. The van der Waals surface area contributed by atoms with Crippen LogP contribution < -0.4 is 20.1 Å². The number of benzene rings is 2. The topological polar surface area (TPSA) is 85.9 Å². The molecule has 2 N–H and O–H groups in total. The number of esters is 1. The monoisotopic (exact) mass is 438 g/mol. The molecule has 1 heterocycles. The zero-order valence-electron chi connectivity index (χ0n) is 18.8. The SMILES string of the molecule is CCCCCOc1ccc(C2NC(=O)NC(c3ccccc3)=C2C(=O)OCC)cc1OC. The molecule has 2 amide bonds. The Labute approximate surface area is 188 Å². The van der Waals surface area contributed by atoms with Crippen LogP contribution in [0, 0.1) is 0 Å². The molecular weight excluding hydrogens is 408 g/mol. The molecule has 0 bridgehead atoms. The van der Waals surface area contributed by atoms with E-state index in [9.17, 15) is 9.59 Å². The minimum Gasteiger partial charge on any atom is -0.493 e. The number of carbonyl (C=O) groups excluding carboxylic acids is 2. The number of hydrogen-bond donors (Lipinski definition) is 2. The van der Waals surface area contributed by atoms with Crippen LogP contribution in [0.4, 0.5) is 4.79 Å². The van der Waals surface area contributed by atoms with Crippen molar-refractivity contribution in [3.63, 3.8) is 0 Å². The van der Waals surface area contributed by atoms with E-state index in [0.717, 1.165) is 24.8 Å². The number of nitrogens with one attached hydrogen (secondary N) is 2. The van der Waals surface area contributed by atoms with E-state index in [0.29, 0.717) is 34.9 Å². The lowest BCUT2D eigenvalue weighted by Gasteiger charge is -2.30. The van der Waals surface area contributed by atoms with Crippen molar-refractivity contribution in [2.45, 2.75) is 39.2 Å². The Morgan fingerprint density at radius 3 is 2.50 bits per heavy atom. The average Bonchev–Trinajstić information content (AvgIpc) is 2.82. The minimum atomic E-state index is -0.707. The van der Waals surface area contributed by atoms with Gasteiger partial charge in [-0.15, -0.1) is 0 Å². The van der Waals surface area contributed by atoms with Gasteiger partial charge in [-0.25, -0.2) is 9.59 Å². The van der Waals surface area contributed by atoms with E-state index < -0.39 is 18.0 Å². The summed E-state index contributed by atoms with van der Waals surface area (Å²) in [6.07, 6.45) is 3.17. The van der Waals surface area contributed by atoms with E-state index >= 15 is 0 Å². The second-order valence-corrected chi connectivity index (χ2v) is 7.37. The first-order valence-corrected chi connectivity index (χ1v) is 10.9. The van der Waals surface area contributed by atoms with Crippen LogP contribution in [0.15, 0.2) is 54.1 Å². The molecule has 7 nitrogen and oxygen atoms in total. The predicted octanol–water partition coefficient (Wildman–Crippen LogP) is 4.59. The average molecular weight is 439 g/mol. The lowest BCUT2D eigenvalue weighted by Crippen LogP contribution is -2.45. The van der Waals surface area contributed by atoms with E-state index in [1.807, 2.05) is 36.4 Å². The zero-order chi connectivity index (χ0) is 22.9. The molecule has 1 unspecified atom stereocenters. The van der Waals surface area contributed by atoms with Crippen molar-refractivity contribution in [1.29, 1.82) is 0 Å². The number of unbranched alkanes of at least 4 members (excludes halogenated alkanes) is 2. The van der Waals surface area contributed by atoms with Gasteiger partial charge in [-0.3, -0.25) is 0 Å². The predicted molar refractivity (Wildman–Crippen MR) is 122 cm³/mol. The highest BCUT2D eigenvalue weighted by molar-refractivity contribution is 6.04. The first kappa shape index (κ1) is 23.2. The third-order valence-corrected chi connectivity index (χ3v) is 5.16. The van der Waals surface area contributed by atoms with Crippen LogP contribution in [0.3, 0.4) is 0 Å². The van der Waals surface area contributed by atoms with Crippen LogP contribution in [0.5, 0.6) is 11.5 Å². The molecule has 1 aliphatic heterocycles. The Kier molecular flexibility index (Phi) is 8.14. The van der Waals surface area contributed by atoms with Gasteiger partial charge >= 0.3 is 12.0 Å². The third kappa shape index (κ3) is 5.41. The molecule has 0 aromatic heterocycles. The number of urea groups is 1. The van der Waals surface area contributed by atoms with Gasteiger partial charge in [0.15, 0.2) is 11.5 Å². The summed E-state index contributed by atoms with van der Waals surface area (Å²) in [5.74, 6) is 0.663. The molecule has 0 fully saturated rings.